The van der Waals surface area contributed by atoms with Gasteiger partial charge in [-0.2, -0.15) is 0 Å². The number of carbonyl (C=O) groups is 1. The summed E-state index contributed by atoms with van der Waals surface area (Å²) in [5, 5.41) is 3.87. The number of halogens is 1. The second-order valence-electron chi connectivity index (χ2n) is 5.74. The van der Waals surface area contributed by atoms with Gasteiger partial charge in [0, 0.05) is 19.7 Å². The first-order chi connectivity index (χ1) is 12.0. The Balaban J connectivity index is 1.93. The van der Waals surface area contributed by atoms with Crippen molar-refractivity contribution in [3.63, 3.8) is 0 Å². The van der Waals surface area contributed by atoms with E-state index in [0.29, 0.717) is 10.3 Å². The van der Waals surface area contributed by atoms with Crippen LogP contribution >= 0.6 is 23.4 Å². The van der Waals surface area contributed by atoms with Gasteiger partial charge in [0.15, 0.2) is 5.16 Å². The summed E-state index contributed by atoms with van der Waals surface area (Å²) in [6.45, 7) is 4.95. The number of nitrogens with one attached hydrogen (secondary N) is 1. The highest BCUT2D eigenvalue weighted by Crippen LogP contribution is 2.21. The van der Waals surface area contributed by atoms with Gasteiger partial charge in [0.05, 0.1) is 11.8 Å². The lowest BCUT2D eigenvalue weighted by Gasteiger charge is -2.17. The van der Waals surface area contributed by atoms with Gasteiger partial charge in [-0.3, -0.25) is 4.79 Å². The van der Waals surface area contributed by atoms with Crippen LogP contribution in [0.25, 0.3) is 0 Å². The molecule has 1 amide bonds. The fraction of sp³-hybridized carbons (Fsp3) is 0.389. The molecule has 0 radical (unpaired) electrons. The van der Waals surface area contributed by atoms with E-state index in [-0.39, 0.29) is 17.7 Å². The number of aromatic nitrogens is 2. The number of rotatable bonds is 8. The molecule has 2 rings (SSSR count). The van der Waals surface area contributed by atoms with Gasteiger partial charge in [-0.1, -0.05) is 60.6 Å². The fourth-order valence-electron chi connectivity index (χ4n) is 2.33. The summed E-state index contributed by atoms with van der Waals surface area (Å²) in [4.78, 5) is 22.9. The van der Waals surface area contributed by atoms with E-state index < -0.39 is 0 Å². The summed E-state index contributed by atoms with van der Waals surface area (Å²) in [6, 6.07) is 11.6. The average Bonchev–Trinajstić information content (AvgIpc) is 2.60. The van der Waals surface area contributed by atoms with Crippen LogP contribution in [0.1, 0.15) is 31.9 Å². The van der Waals surface area contributed by atoms with Crippen LogP contribution in [-0.2, 0) is 4.79 Å². The zero-order valence-electron chi connectivity index (χ0n) is 14.7. The van der Waals surface area contributed by atoms with Gasteiger partial charge in [0.2, 0.25) is 5.91 Å². The number of thioether (sulfide) groups is 1. The molecular weight excluding hydrogens is 356 g/mol. The predicted octanol–water partition coefficient (Wildman–Crippen LogP) is 3.95. The van der Waals surface area contributed by atoms with Crippen LogP contribution in [0, 0.1) is 0 Å². The summed E-state index contributed by atoms with van der Waals surface area (Å²) in [7, 11) is 1.96. The Kier molecular flexibility index (Phi) is 7.52. The maximum Gasteiger partial charge on any atom is 0.230 e. The van der Waals surface area contributed by atoms with E-state index in [0.717, 1.165) is 24.3 Å². The van der Waals surface area contributed by atoms with Gasteiger partial charge >= 0.3 is 0 Å². The second kappa shape index (κ2) is 9.63. The van der Waals surface area contributed by atoms with Crippen LogP contribution in [0.2, 0.25) is 5.15 Å². The smallest absolute Gasteiger partial charge is 0.230 e. The average molecular weight is 379 g/mol. The second-order valence-corrected chi connectivity index (χ2v) is 7.07. The number of anilines is 1. The zero-order valence-corrected chi connectivity index (χ0v) is 16.3. The van der Waals surface area contributed by atoms with Crippen LogP contribution < -0.4 is 10.2 Å². The van der Waals surface area contributed by atoms with Gasteiger partial charge in [-0.25, -0.2) is 9.97 Å². The maximum atomic E-state index is 12.2. The molecule has 1 aromatic heterocycles. The van der Waals surface area contributed by atoms with Gasteiger partial charge in [0.25, 0.3) is 0 Å². The Hall–Kier alpha value is -1.79. The Morgan fingerprint density at radius 2 is 2.04 bits per heavy atom. The van der Waals surface area contributed by atoms with Gasteiger partial charge in [-0.15, -0.1) is 0 Å². The normalized spacial score (nSPS) is 11.8. The Morgan fingerprint density at radius 1 is 1.32 bits per heavy atom. The van der Waals surface area contributed by atoms with E-state index >= 15 is 0 Å². The topological polar surface area (TPSA) is 58.1 Å². The molecule has 1 aromatic carbocycles. The molecule has 0 spiro atoms. The van der Waals surface area contributed by atoms with Crippen molar-refractivity contribution in [2.45, 2.75) is 31.5 Å². The van der Waals surface area contributed by atoms with Crippen molar-refractivity contribution in [3.8, 4) is 0 Å². The highest BCUT2D eigenvalue weighted by molar-refractivity contribution is 7.99. The lowest BCUT2D eigenvalue weighted by Crippen LogP contribution is -2.28. The molecule has 1 heterocycles. The van der Waals surface area contributed by atoms with E-state index in [1.165, 1.54) is 11.8 Å². The van der Waals surface area contributed by atoms with Crippen LogP contribution in [0.15, 0.2) is 41.6 Å². The van der Waals surface area contributed by atoms with E-state index in [2.05, 4.69) is 22.2 Å². The molecule has 134 valence electrons. The number of carbonyl (C=O) groups excluding carboxylic acids is 1. The molecule has 7 heteroatoms. The molecular formula is C18H23ClN4OS. The number of benzene rings is 1. The molecule has 0 saturated heterocycles. The molecule has 5 nitrogen and oxygen atoms in total. The van der Waals surface area contributed by atoms with Crippen LogP contribution in [0.3, 0.4) is 0 Å². The molecule has 1 unspecified atom stereocenters. The van der Waals surface area contributed by atoms with Crippen molar-refractivity contribution >= 4 is 35.1 Å². The Labute approximate surface area is 158 Å². The number of nitrogens with zero attached hydrogens (tertiary/aromatic N) is 3. The summed E-state index contributed by atoms with van der Waals surface area (Å²) in [5.74, 6) is 0.949. The maximum absolute atomic E-state index is 12.2. The van der Waals surface area contributed by atoms with Gasteiger partial charge in [-0.05, 0) is 18.9 Å². The molecule has 1 N–H and O–H groups in total. The summed E-state index contributed by atoms with van der Waals surface area (Å²) < 4.78 is 0. The van der Waals surface area contributed by atoms with Crippen LogP contribution in [-0.4, -0.2) is 35.2 Å². The standard InChI is InChI=1S/C18H23ClN4OS/c1-4-10-23(3)16-11-15(19)21-18(22-16)25-12-17(24)20-13(2)14-8-6-5-7-9-14/h5-9,11,13H,4,10,12H2,1-3H3,(H,20,24). The summed E-state index contributed by atoms with van der Waals surface area (Å²) >= 11 is 7.37. The summed E-state index contributed by atoms with van der Waals surface area (Å²) in [6.07, 6.45) is 1.01. The molecule has 2 aromatic rings. The molecule has 0 saturated carbocycles. The third-order valence-corrected chi connectivity index (χ3v) is 4.66. The molecule has 0 fully saturated rings. The SMILES string of the molecule is CCCN(C)c1cc(Cl)nc(SCC(=O)NC(C)c2ccccc2)n1. The first-order valence-corrected chi connectivity index (χ1v) is 9.58. The number of amides is 1. The highest BCUT2D eigenvalue weighted by atomic mass is 35.5. The largest absolute Gasteiger partial charge is 0.360 e. The van der Waals surface area contributed by atoms with Crippen molar-refractivity contribution < 1.29 is 4.79 Å². The highest BCUT2D eigenvalue weighted by Gasteiger charge is 2.12. The Morgan fingerprint density at radius 3 is 2.72 bits per heavy atom. The minimum Gasteiger partial charge on any atom is -0.360 e. The van der Waals surface area contributed by atoms with Crippen molar-refractivity contribution in [1.82, 2.24) is 15.3 Å². The predicted molar refractivity (Wildman–Crippen MR) is 104 cm³/mol. The fourth-order valence-corrected chi connectivity index (χ4v) is 3.23. The van der Waals surface area contributed by atoms with Crippen LogP contribution in [0.4, 0.5) is 5.82 Å². The van der Waals surface area contributed by atoms with Crippen molar-refractivity contribution in [2.75, 3.05) is 24.2 Å². The third-order valence-electron chi connectivity index (χ3n) is 3.62. The first kappa shape index (κ1) is 19.5. The minimum atomic E-state index is -0.0617. The zero-order chi connectivity index (χ0) is 18.2. The quantitative estimate of drug-likeness (QED) is 0.428. The van der Waals surface area contributed by atoms with Crippen molar-refractivity contribution in [3.05, 3.63) is 47.1 Å². The molecule has 25 heavy (non-hydrogen) atoms. The third kappa shape index (κ3) is 6.21. The van der Waals surface area contributed by atoms with E-state index in [9.17, 15) is 4.79 Å². The van der Waals surface area contributed by atoms with Gasteiger partial charge < -0.3 is 10.2 Å². The van der Waals surface area contributed by atoms with Crippen molar-refractivity contribution in [1.29, 1.82) is 0 Å². The molecule has 0 bridgehead atoms. The minimum absolute atomic E-state index is 0.0409. The summed E-state index contributed by atoms with van der Waals surface area (Å²) in [5.41, 5.74) is 1.07. The van der Waals surface area contributed by atoms with E-state index in [4.69, 9.17) is 11.6 Å². The van der Waals surface area contributed by atoms with E-state index in [1.807, 2.05) is 49.2 Å². The van der Waals surface area contributed by atoms with Crippen molar-refractivity contribution in [2.24, 2.45) is 0 Å². The number of hydrogen-bond acceptors (Lipinski definition) is 5. The molecule has 1 atom stereocenters. The lowest BCUT2D eigenvalue weighted by atomic mass is 10.1. The number of hydrogen-bond donors (Lipinski definition) is 1. The van der Waals surface area contributed by atoms with Gasteiger partial charge in [0.1, 0.15) is 11.0 Å². The molecule has 0 aliphatic rings. The lowest BCUT2D eigenvalue weighted by molar-refractivity contribution is -0.119. The first-order valence-electron chi connectivity index (χ1n) is 8.22. The monoisotopic (exact) mass is 378 g/mol. The molecule has 0 aliphatic carbocycles. The van der Waals surface area contributed by atoms with E-state index in [1.54, 1.807) is 6.07 Å². The Bertz CT molecular complexity index is 699. The van der Waals surface area contributed by atoms with Crippen LogP contribution in [0.5, 0.6) is 0 Å². The molecule has 0 aliphatic heterocycles.